The molecule has 0 amide bonds. The van der Waals surface area contributed by atoms with E-state index >= 15 is 0 Å². The molecule has 1 nitrogen and oxygen atoms in total. The minimum atomic E-state index is 0.565. The fourth-order valence-corrected chi connectivity index (χ4v) is 2.77. The van der Waals surface area contributed by atoms with Crippen molar-refractivity contribution in [3.63, 3.8) is 0 Å². The monoisotopic (exact) mass is 183 g/mol. The van der Waals surface area contributed by atoms with Gasteiger partial charge in [-0.2, -0.15) is 0 Å². The molecular weight excluding hydrogens is 158 g/mol. The second kappa shape index (κ2) is 3.61. The lowest BCUT2D eigenvalue weighted by Gasteiger charge is -2.23. The Labute approximate surface area is 83.1 Å². The van der Waals surface area contributed by atoms with Crippen LogP contribution in [0.15, 0.2) is 0 Å². The van der Waals surface area contributed by atoms with Crippen LogP contribution in [-0.4, -0.2) is 6.54 Å². The van der Waals surface area contributed by atoms with Crippen molar-refractivity contribution in [2.75, 3.05) is 6.54 Å². The Morgan fingerprint density at radius 3 is 2.23 bits per heavy atom. The van der Waals surface area contributed by atoms with Crippen LogP contribution >= 0.6 is 0 Å². The first-order chi connectivity index (χ1) is 5.97. The highest BCUT2D eigenvalue weighted by Gasteiger charge is 2.59. The van der Waals surface area contributed by atoms with Crippen LogP contribution in [0.25, 0.3) is 0 Å². The summed E-state index contributed by atoms with van der Waals surface area (Å²) in [5.74, 6) is 0.869. The van der Waals surface area contributed by atoms with Crippen molar-refractivity contribution in [1.29, 1.82) is 0 Å². The van der Waals surface area contributed by atoms with Crippen LogP contribution in [0, 0.1) is 16.7 Å². The van der Waals surface area contributed by atoms with Crippen LogP contribution in [0.4, 0.5) is 0 Å². The molecule has 1 aliphatic rings. The van der Waals surface area contributed by atoms with Crippen molar-refractivity contribution >= 4 is 0 Å². The fourth-order valence-electron chi connectivity index (χ4n) is 2.77. The smallest absolute Gasteiger partial charge is 0.00718 e. The van der Waals surface area contributed by atoms with Crippen LogP contribution in [0.5, 0.6) is 0 Å². The van der Waals surface area contributed by atoms with Crippen molar-refractivity contribution < 1.29 is 0 Å². The zero-order valence-corrected chi connectivity index (χ0v) is 9.69. The van der Waals surface area contributed by atoms with E-state index < -0.39 is 0 Å². The molecule has 0 heterocycles. The molecule has 1 rings (SSSR count). The molecule has 0 bridgehead atoms. The molecule has 2 atom stereocenters. The van der Waals surface area contributed by atoms with E-state index in [1.54, 1.807) is 0 Å². The first-order valence-electron chi connectivity index (χ1n) is 5.67. The van der Waals surface area contributed by atoms with Gasteiger partial charge in [0.15, 0.2) is 0 Å². The topological polar surface area (TPSA) is 26.0 Å². The Morgan fingerprint density at radius 1 is 1.38 bits per heavy atom. The van der Waals surface area contributed by atoms with Gasteiger partial charge in [0.2, 0.25) is 0 Å². The van der Waals surface area contributed by atoms with Gasteiger partial charge < -0.3 is 5.73 Å². The minimum absolute atomic E-state index is 0.565. The lowest BCUT2D eigenvalue weighted by Crippen LogP contribution is -2.17. The summed E-state index contributed by atoms with van der Waals surface area (Å²) in [6, 6.07) is 0. The average Bonchev–Trinajstić information content (AvgIpc) is 2.53. The van der Waals surface area contributed by atoms with Crippen LogP contribution in [0.2, 0.25) is 0 Å². The molecule has 0 radical (unpaired) electrons. The highest BCUT2D eigenvalue weighted by Crippen LogP contribution is 2.68. The first kappa shape index (κ1) is 11.0. The van der Waals surface area contributed by atoms with Gasteiger partial charge in [0.25, 0.3) is 0 Å². The first-order valence-corrected chi connectivity index (χ1v) is 5.67. The van der Waals surface area contributed by atoms with Crippen LogP contribution < -0.4 is 5.73 Å². The average molecular weight is 183 g/mol. The lowest BCUT2D eigenvalue weighted by molar-refractivity contribution is 0.281. The third-order valence-corrected chi connectivity index (χ3v) is 4.15. The van der Waals surface area contributed by atoms with Gasteiger partial charge in [0, 0.05) is 0 Å². The summed E-state index contributed by atoms with van der Waals surface area (Å²) >= 11 is 0. The van der Waals surface area contributed by atoms with E-state index in [4.69, 9.17) is 5.73 Å². The molecule has 1 heteroatoms. The molecule has 1 fully saturated rings. The standard InChI is InChI=1S/C12H25N/c1-5-10(2)8-12(6-7-13)9-11(12,3)4/h10H,5-9,13H2,1-4H3. The SMILES string of the molecule is CCC(C)CC1(CCN)CC1(C)C. The molecule has 1 aliphatic carbocycles. The zero-order chi connectivity index (χ0) is 10.1. The summed E-state index contributed by atoms with van der Waals surface area (Å²) in [5.41, 5.74) is 6.85. The molecular formula is C12H25N. The zero-order valence-electron chi connectivity index (χ0n) is 9.69. The van der Waals surface area contributed by atoms with Crippen molar-refractivity contribution in [3.05, 3.63) is 0 Å². The van der Waals surface area contributed by atoms with Crippen molar-refractivity contribution in [1.82, 2.24) is 0 Å². The summed E-state index contributed by atoms with van der Waals surface area (Å²) in [6.07, 6.45) is 5.31. The van der Waals surface area contributed by atoms with E-state index in [-0.39, 0.29) is 0 Å². The second-order valence-electron chi connectivity index (χ2n) is 5.60. The molecule has 2 N–H and O–H groups in total. The Balaban J connectivity index is 2.52. The molecule has 78 valence electrons. The molecule has 0 saturated heterocycles. The Kier molecular flexibility index (Phi) is 3.06. The third kappa shape index (κ3) is 2.07. The summed E-state index contributed by atoms with van der Waals surface area (Å²) < 4.78 is 0. The summed E-state index contributed by atoms with van der Waals surface area (Å²) in [4.78, 5) is 0. The number of hydrogen-bond acceptors (Lipinski definition) is 1. The van der Waals surface area contributed by atoms with Crippen molar-refractivity contribution in [2.24, 2.45) is 22.5 Å². The predicted molar refractivity (Wildman–Crippen MR) is 58.6 cm³/mol. The van der Waals surface area contributed by atoms with Gasteiger partial charge in [-0.1, -0.05) is 34.1 Å². The van der Waals surface area contributed by atoms with Gasteiger partial charge >= 0.3 is 0 Å². The molecule has 0 aromatic heterocycles. The predicted octanol–water partition coefficient (Wildman–Crippen LogP) is 3.19. The number of rotatable bonds is 5. The maximum Gasteiger partial charge on any atom is -0.00718 e. The highest BCUT2D eigenvalue weighted by atomic mass is 14.7. The number of hydrogen-bond donors (Lipinski definition) is 1. The molecule has 1 saturated carbocycles. The molecule has 0 aromatic carbocycles. The van der Waals surface area contributed by atoms with E-state index in [1.165, 1.54) is 25.7 Å². The third-order valence-electron chi connectivity index (χ3n) is 4.15. The van der Waals surface area contributed by atoms with E-state index in [1.807, 2.05) is 0 Å². The van der Waals surface area contributed by atoms with Gasteiger partial charge in [-0.25, -0.2) is 0 Å². The van der Waals surface area contributed by atoms with Crippen molar-refractivity contribution in [2.45, 2.75) is 53.4 Å². The highest BCUT2D eigenvalue weighted by molar-refractivity contribution is 5.09. The largest absolute Gasteiger partial charge is 0.330 e. The van der Waals surface area contributed by atoms with E-state index in [2.05, 4.69) is 27.7 Å². The van der Waals surface area contributed by atoms with Crippen LogP contribution in [0.1, 0.15) is 53.4 Å². The van der Waals surface area contributed by atoms with E-state index in [9.17, 15) is 0 Å². The molecule has 0 aromatic rings. The summed E-state index contributed by atoms with van der Waals surface area (Å²) in [7, 11) is 0. The Morgan fingerprint density at radius 2 is 1.92 bits per heavy atom. The second-order valence-corrected chi connectivity index (χ2v) is 5.60. The maximum absolute atomic E-state index is 5.69. The quantitative estimate of drug-likeness (QED) is 0.696. The normalized spacial score (nSPS) is 33.0. The number of nitrogens with two attached hydrogens (primary N) is 1. The van der Waals surface area contributed by atoms with Gasteiger partial charge in [0.1, 0.15) is 0 Å². The fraction of sp³-hybridized carbons (Fsp3) is 1.00. The van der Waals surface area contributed by atoms with Gasteiger partial charge in [-0.05, 0) is 42.6 Å². The Hall–Kier alpha value is -0.0400. The Bertz CT molecular complexity index is 174. The van der Waals surface area contributed by atoms with E-state index in [0.29, 0.717) is 10.8 Å². The molecule has 0 aliphatic heterocycles. The van der Waals surface area contributed by atoms with Gasteiger partial charge in [-0.15, -0.1) is 0 Å². The van der Waals surface area contributed by atoms with E-state index in [0.717, 1.165) is 12.5 Å². The van der Waals surface area contributed by atoms with Crippen LogP contribution in [-0.2, 0) is 0 Å². The molecule has 2 unspecified atom stereocenters. The lowest BCUT2D eigenvalue weighted by atomic mass is 9.83. The minimum Gasteiger partial charge on any atom is -0.330 e. The molecule has 13 heavy (non-hydrogen) atoms. The van der Waals surface area contributed by atoms with Crippen molar-refractivity contribution in [3.8, 4) is 0 Å². The summed E-state index contributed by atoms with van der Waals surface area (Å²) in [6.45, 7) is 10.3. The summed E-state index contributed by atoms with van der Waals surface area (Å²) in [5, 5.41) is 0. The van der Waals surface area contributed by atoms with Gasteiger partial charge in [-0.3, -0.25) is 0 Å². The molecule has 0 spiro atoms. The van der Waals surface area contributed by atoms with Crippen LogP contribution in [0.3, 0.4) is 0 Å². The van der Waals surface area contributed by atoms with Gasteiger partial charge in [0.05, 0.1) is 0 Å². The maximum atomic E-state index is 5.69.